The molecule has 2 fully saturated rings. The average molecular weight is 585 g/mol. The molecule has 2 saturated heterocycles. The van der Waals surface area contributed by atoms with Gasteiger partial charge in [0.2, 0.25) is 5.91 Å². The van der Waals surface area contributed by atoms with Gasteiger partial charge in [-0.15, -0.1) is 12.4 Å². The number of benzene rings is 2. The zero-order valence-corrected chi connectivity index (χ0v) is 24.1. The molecule has 38 heavy (non-hydrogen) atoms. The third-order valence-corrected chi connectivity index (χ3v) is 8.97. The maximum absolute atomic E-state index is 13.4. The molecule has 8 nitrogen and oxygen atoms in total. The van der Waals surface area contributed by atoms with Crippen LogP contribution in [0.25, 0.3) is 0 Å². The number of rotatable bonds is 8. The summed E-state index contributed by atoms with van der Waals surface area (Å²) in [4.78, 5) is 29.8. The molecule has 2 aliphatic rings. The molecule has 0 saturated carbocycles. The van der Waals surface area contributed by atoms with Gasteiger partial charge in [-0.2, -0.15) is 0 Å². The quantitative estimate of drug-likeness (QED) is 0.492. The maximum Gasteiger partial charge on any atom is 0.407 e. The van der Waals surface area contributed by atoms with E-state index in [0.29, 0.717) is 24.5 Å². The molecule has 2 aromatic carbocycles. The molecule has 208 valence electrons. The maximum atomic E-state index is 13.4. The monoisotopic (exact) mass is 583 g/mol. The Hall–Kier alpha value is -2.33. The van der Waals surface area contributed by atoms with Crippen LogP contribution in [0.3, 0.4) is 0 Å². The summed E-state index contributed by atoms with van der Waals surface area (Å²) in [6.07, 6.45) is 3.87. The second kappa shape index (κ2) is 12.7. The number of amides is 2. The molecule has 0 aromatic heterocycles. The van der Waals surface area contributed by atoms with E-state index in [1.54, 1.807) is 30.3 Å². The first-order chi connectivity index (χ1) is 17.6. The van der Waals surface area contributed by atoms with Crippen molar-refractivity contribution in [3.05, 3.63) is 64.7 Å². The molecule has 1 spiro atoms. The van der Waals surface area contributed by atoms with Crippen LogP contribution < -0.4 is 5.32 Å². The lowest BCUT2D eigenvalue weighted by Gasteiger charge is -2.38. The topological polar surface area (TPSA) is 96.0 Å². The number of nitrogens with one attached hydrogen (secondary N) is 1. The molecular weight excluding hydrogens is 549 g/mol. The Balaban J connectivity index is 0.00000400. The van der Waals surface area contributed by atoms with Crippen molar-refractivity contribution < 1.29 is 22.7 Å². The summed E-state index contributed by atoms with van der Waals surface area (Å²) in [7, 11) is -1.89. The van der Waals surface area contributed by atoms with Crippen molar-refractivity contribution in [1.29, 1.82) is 0 Å². The first-order valence-electron chi connectivity index (χ1n) is 12.5. The van der Waals surface area contributed by atoms with E-state index < -0.39 is 15.9 Å². The Morgan fingerprint density at radius 3 is 2.37 bits per heavy atom. The number of halogens is 2. The fourth-order valence-corrected chi connectivity index (χ4v) is 6.16. The van der Waals surface area contributed by atoms with Crippen LogP contribution in [-0.2, 0) is 25.9 Å². The Morgan fingerprint density at radius 2 is 1.76 bits per heavy atom. The van der Waals surface area contributed by atoms with E-state index in [9.17, 15) is 18.0 Å². The molecule has 11 heteroatoms. The summed E-state index contributed by atoms with van der Waals surface area (Å²) >= 11 is 6.16. The lowest BCUT2D eigenvalue weighted by molar-refractivity contribution is -0.138. The second-order valence-electron chi connectivity index (χ2n) is 10.0. The Labute approximate surface area is 236 Å². The predicted molar refractivity (Wildman–Crippen MR) is 149 cm³/mol. The van der Waals surface area contributed by atoms with Crippen molar-refractivity contribution in [3.8, 4) is 0 Å². The molecule has 1 unspecified atom stereocenters. The lowest BCUT2D eigenvalue weighted by atomic mass is 9.77. The van der Waals surface area contributed by atoms with Crippen molar-refractivity contribution >= 4 is 45.8 Å². The van der Waals surface area contributed by atoms with E-state index in [2.05, 4.69) is 10.2 Å². The predicted octanol–water partition coefficient (Wildman–Crippen LogP) is 4.47. The largest absolute Gasteiger partial charge is 0.453 e. The Morgan fingerprint density at radius 1 is 1.11 bits per heavy atom. The molecule has 0 radical (unpaired) electrons. The van der Waals surface area contributed by atoms with Crippen molar-refractivity contribution in [3.63, 3.8) is 0 Å². The minimum Gasteiger partial charge on any atom is -0.453 e. The second-order valence-corrected chi connectivity index (χ2v) is 12.5. The van der Waals surface area contributed by atoms with Crippen molar-refractivity contribution in [2.75, 3.05) is 39.5 Å². The average Bonchev–Trinajstić information content (AvgIpc) is 3.17. The van der Waals surface area contributed by atoms with Gasteiger partial charge in [0.1, 0.15) is 0 Å². The minimum atomic E-state index is -3.24. The number of likely N-dealkylation sites (tertiary alicyclic amines) is 2. The first-order valence-corrected chi connectivity index (χ1v) is 14.8. The molecule has 0 bridgehead atoms. The van der Waals surface area contributed by atoms with Crippen molar-refractivity contribution in [2.45, 2.75) is 43.2 Å². The van der Waals surface area contributed by atoms with Crippen LogP contribution in [0.1, 0.15) is 42.9 Å². The van der Waals surface area contributed by atoms with E-state index >= 15 is 0 Å². The van der Waals surface area contributed by atoms with Gasteiger partial charge in [-0.3, -0.25) is 4.79 Å². The number of alkyl carbamates (subject to hydrolysis) is 1. The van der Waals surface area contributed by atoms with Gasteiger partial charge in [0.05, 0.1) is 23.5 Å². The van der Waals surface area contributed by atoms with Crippen LogP contribution in [0.15, 0.2) is 53.4 Å². The van der Waals surface area contributed by atoms with Crippen LogP contribution >= 0.6 is 24.0 Å². The molecule has 1 atom stereocenters. The normalized spacial score (nSPS) is 18.2. The zero-order chi connectivity index (χ0) is 26.6. The highest BCUT2D eigenvalue weighted by Crippen LogP contribution is 2.42. The summed E-state index contributed by atoms with van der Waals surface area (Å²) < 4.78 is 28.2. The Bertz CT molecular complexity index is 1230. The fourth-order valence-electron chi connectivity index (χ4n) is 5.33. The van der Waals surface area contributed by atoms with Gasteiger partial charge in [0.15, 0.2) is 9.84 Å². The molecule has 2 aliphatic heterocycles. The van der Waals surface area contributed by atoms with Crippen LogP contribution in [0.2, 0.25) is 5.02 Å². The van der Waals surface area contributed by atoms with E-state index in [1.807, 2.05) is 23.1 Å². The summed E-state index contributed by atoms with van der Waals surface area (Å²) in [5.74, 6) is 0.198. The number of ether oxygens (including phenoxy) is 1. The van der Waals surface area contributed by atoms with Gasteiger partial charge < -0.3 is 19.9 Å². The SMILES string of the molecule is COC(=O)NC(CCN1CCC2(CC1)CCN(Cc1ccc(S(C)(=O)=O)cc1)C2=O)c1cccc(Cl)c1.Cl. The molecule has 1 N–H and O–H groups in total. The number of hydrogen-bond donors (Lipinski definition) is 1. The number of sulfone groups is 1. The van der Waals surface area contributed by atoms with Gasteiger partial charge >= 0.3 is 6.09 Å². The minimum absolute atomic E-state index is 0. The molecule has 4 rings (SSSR count). The van der Waals surface area contributed by atoms with Gasteiger partial charge in [0.25, 0.3) is 0 Å². The van der Waals surface area contributed by atoms with Crippen LogP contribution in [0.5, 0.6) is 0 Å². The molecule has 2 heterocycles. The van der Waals surface area contributed by atoms with E-state index in [0.717, 1.165) is 50.0 Å². The third kappa shape index (κ3) is 7.20. The van der Waals surface area contributed by atoms with Crippen molar-refractivity contribution in [2.24, 2.45) is 5.41 Å². The van der Waals surface area contributed by atoms with Gasteiger partial charge in [-0.25, -0.2) is 13.2 Å². The highest BCUT2D eigenvalue weighted by atomic mass is 35.5. The summed E-state index contributed by atoms with van der Waals surface area (Å²) in [6, 6.07) is 14.0. The number of carbonyl (C=O) groups excluding carboxylic acids is 2. The van der Waals surface area contributed by atoms with Gasteiger partial charge in [0, 0.05) is 30.9 Å². The first kappa shape index (κ1) is 30.2. The molecule has 2 aromatic rings. The number of methoxy groups -OCH3 is 1. The standard InChI is InChI=1S/C27H34ClN3O5S.ClH/c1-36-26(33)29-24(21-4-3-5-22(28)18-21)10-14-30-15-11-27(12-16-30)13-17-31(25(27)32)19-20-6-8-23(9-7-20)37(2,34)35;/h3-9,18,24H,10-17,19H2,1-2H3,(H,29,33);1H. The molecule has 2 amide bonds. The Kier molecular flexibility index (Phi) is 10.1. The fraction of sp³-hybridized carbons (Fsp3) is 0.481. The zero-order valence-electron chi connectivity index (χ0n) is 21.7. The number of piperidine rings is 1. The number of nitrogens with zero attached hydrogens (tertiary/aromatic N) is 2. The van der Waals surface area contributed by atoms with Crippen LogP contribution in [0.4, 0.5) is 4.79 Å². The van der Waals surface area contributed by atoms with Crippen molar-refractivity contribution in [1.82, 2.24) is 15.1 Å². The highest BCUT2D eigenvalue weighted by Gasteiger charge is 2.47. The molecule has 0 aliphatic carbocycles. The van der Waals surface area contributed by atoms with Gasteiger partial charge in [-0.05, 0) is 74.2 Å². The third-order valence-electron chi connectivity index (χ3n) is 7.60. The summed E-state index contributed by atoms with van der Waals surface area (Å²) in [5.41, 5.74) is 1.54. The lowest BCUT2D eigenvalue weighted by Crippen LogP contribution is -2.45. The summed E-state index contributed by atoms with van der Waals surface area (Å²) in [5, 5.41) is 3.52. The number of carbonyl (C=O) groups is 2. The van der Waals surface area contributed by atoms with E-state index in [-0.39, 0.29) is 34.7 Å². The molecular formula is C27H35Cl2N3O5S. The highest BCUT2D eigenvalue weighted by molar-refractivity contribution is 7.90. The van der Waals surface area contributed by atoms with Gasteiger partial charge in [-0.1, -0.05) is 35.9 Å². The summed E-state index contributed by atoms with van der Waals surface area (Å²) in [6.45, 7) is 3.63. The van der Waals surface area contributed by atoms with Crippen LogP contribution in [0, 0.1) is 5.41 Å². The van der Waals surface area contributed by atoms with Crippen LogP contribution in [-0.4, -0.2) is 69.8 Å². The number of hydrogen-bond acceptors (Lipinski definition) is 6. The van der Waals surface area contributed by atoms with E-state index in [4.69, 9.17) is 16.3 Å². The van der Waals surface area contributed by atoms with E-state index in [1.165, 1.54) is 13.4 Å². The smallest absolute Gasteiger partial charge is 0.407 e.